The number of carbonyl (C=O) groups is 1. The van der Waals surface area contributed by atoms with Crippen molar-refractivity contribution < 1.29 is 19.0 Å². The summed E-state index contributed by atoms with van der Waals surface area (Å²) in [6, 6.07) is 6.90. The average Bonchev–Trinajstić information content (AvgIpc) is 2.61. The van der Waals surface area contributed by atoms with Gasteiger partial charge in [0.25, 0.3) is 5.91 Å². The lowest BCUT2D eigenvalue weighted by Crippen LogP contribution is -2.17. The minimum absolute atomic E-state index is 0.341. The van der Waals surface area contributed by atoms with E-state index in [1.165, 1.54) is 33.7 Å². The number of pyridine rings is 1. The van der Waals surface area contributed by atoms with Crippen LogP contribution in [0.3, 0.4) is 0 Å². The molecule has 1 aromatic carbocycles. The lowest BCUT2D eigenvalue weighted by molar-refractivity contribution is 0.0955. The molecule has 126 valence electrons. The summed E-state index contributed by atoms with van der Waals surface area (Å²) in [4.78, 5) is 16.0. The highest BCUT2D eigenvalue weighted by Gasteiger charge is 2.12. The van der Waals surface area contributed by atoms with Crippen LogP contribution >= 0.6 is 0 Å². The summed E-state index contributed by atoms with van der Waals surface area (Å²) in [7, 11) is 4.60. The van der Waals surface area contributed by atoms with E-state index >= 15 is 0 Å². The summed E-state index contributed by atoms with van der Waals surface area (Å²) in [6.07, 6.45) is 2.99. The molecular formula is C17H19N3O4. The van der Waals surface area contributed by atoms with E-state index in [-0.39, 0.29) is 5.91 Å². The fourth-order valence-corrected chi connectivity index (χ4v) is 2.01. The summed E-state index contributed by atoms with van der Waals surface area (Å²) in [5, 5.41) is 3.94. The quantitative estimate of drug-likeness (QED) is 0.649. The lowest BCUT2D eigenvalue weighted by Gasteiger charge is -2.12. The number of rotatable bonds is 6. The summed E-state index contributed by atoms with van der Waals surface area (Å²) >= 11 is 0. The fraction of sp³-hybridized carbons (Fsp3) is 0.235. The highest BCUT2D eigenvalue weighted by Crippen LogP contribution is 2.37. The van der Waals surface area contributed by atoms with Gasteiger partial charge in [-0.25, -0.2) is 5.43 Å². The van der Waals surface area contributed by atoms with Gasteiger partial charge in [-0.1, -0.05) is 0 Å². The number of methoxy groups -OCH3 is 3. The molecular weight excluding hydrogens is 310 g/mol. The second kappa shape index (κ2) is 7.96. The van der Waals surface area contributed by atoms with Gasteiger partial charge >= 0.3 is 0 Å². The molecule has 0 fully saturated rings. The molecule has 0 saturated carbocycles. The third-order valence-electron chi connectivity index (χ3n) is 3.24. The van der Waals surface area contributed by atoms with Crippen molar-refractivity contribution in [3.63, 3.8) is 0 Å². The van der Waals surface area contributed by atoms with Gasteiger partial charge in [0.05, 0.1) is 33.1 Å². The molecule has 0 aliphatic heterocycles. The molecule has 7 heteroatoms. The van der Waals surface area contributed by atoms with Crippen LogP contribution in [0, 0.1) is 6.92 Å². The molecule has 1 heterocycles. The van der Waals surface area contributed by atoms with Crippen molar-refractivity contribution in [2.24, 2.45) is 5.10 Å². The Hall–Kier alpha value is -3.09. The number of benzene rings is 1. The lowest BCUT2D eigenvalue weighted by atomic mass is 10.2. The minimum atomic E-state index is -0.341. The molecule has 2 rings (SSSR count). The highest BCUT2D eigenvalue weighted by molar-refractivity contribution is 5.94. The predicted octanol–water partition coefficient (Wildman–Crippen LogP) is 2.18. The molecule has 24 heavy (non-hydrogen) atoms. The van der Waals surface area contributed by atoms with E-state index in [4.69, 9.17) is 14.2 Å². The van der Waals surface area contributed by atoms with Gasteiger partial charge in [-0.3, -0.25) is 9.78 Å². The van der Waals surface area contributed by atoms with Crippen LogP contribution in [-0.2, 0) is 0 Å². The Morgan fingerprint density at radius 3 is 2.29 bits per heavy atom. The normalized spacial score (nSPS) is 10.5. The number of hydrogen-bond acceptors (Lipinski definition) is 6. The summed E-state index contributed by atoms with van der Waals surface area (Å²) in [5.74, 6) is 1.16. The SMILES string of the molecule is COc1cc(/C=N/NC(=O)c2ccc(C)nc2)cc(OC)c1OC. The van der Waals surface area contributed by atoms with Gasteiger partial charge in [0.1, 0.15) is 0 Å². The first-order chi connectivity index (χ1) is 11.6. The van der Waals surface area contributed by atoms with Gasteiger partial charge < -0.3 is 14.2 Å². The Bertz CT molecular complexity index is 717. The van der Waals surface area contributed by atoms with E-state index in [0.29, 0.717) is 28.4 Å². The van der Waals surface area contributed by atoms with Crippen molar-refractivity contribution in [3.05, 3.63) is 47.3 Å². The smallest absolute Gasteiger partial charge is 0.272 e. The average molecular weight is 329 g/mol. The van der Waals surface area contributed by atoms with Crippen molar-refractivity contribution in [3.8, 4) is 17.2 Å². The molecule has 2 aromatic rings. The van der Waals surface area contributed by atoms with Crippen LogP contribution in [-0.4, -0.2) is 38.4 Å². The molecule has 1 N–H and O–H groups in total. The number of nitrogens with one attached hydrogen (secondary N) is 1. The molecule has 0 spiro atoms. The first kappa shape index (κ1) is 17.3. The topological polar surface area (TPSA) is 82.0 Å². The molecule has 0 aliphatic carbocycles. The van der Waals surface area contributed by atoms with Gasteiger partial charge in [-0.05, 0) is 31.2 Å². The van der Waals surface area contributed by atoms with Gasteiger partial charge in [0.2, 0.25) is 5.75 Å². The van der Waals surface area contributed by atoms with Crippen LogP contribution in [0.4, 0.5) is 0 Å². The zero-order valence-corrected chi connectivity index (χ0v) is 14.0. The van der Waals surface area contributed by atoms with Crippen LogP contribution in [0.2, 0.25) is 0 Å². The maximum absolute atomic E-state index is 12.0. The Morgan fingerprint density at radius 1 is 1.12 bits per heavy atom. The number of nitrogens with zero attached hydrogens (tertiary/aromatic N) is 2. The van der Waals surface area contributed by atoms with E-state index in [1.54, 1.807) is 24.3 Å². The van der Waals surface area contributed by atoms with Gasteiger partial charge in [0.15, 0.2) is 11.5 Å². The first-order valence-corrected chi connectivity index (χ1v) is 7.15. The third kappa shape index (κ3) is 4.01. The van der Waals surface area contributed by atoms with Crippen LogP contribution in [0.1, 0.15) is 21.6 Å². The van der Waals surface area contributed by atoms with Crippen molar-refractivity contribution in [2.75, 3.05) is 21.3 Å². The monoisotopic (exact) mass is 329 g/mol. The largest absolute Gasteiger partial charge is 0.493 e. The second-order valence-corrected chi connectivity index (χ2v) is 4.85. The van der Waals surface area contributed by atoms with E-state index in [9.17, 15) is 4.79 Å². The Balaban J connectivity index is 2.14. The number of ether oxygens (including phenoxy) is 3. The molecule has 1 amide bonds. The van der Waals surface area contributed by atoms with E-state index in [2.05, 4.69) is 15.5 Å². The van der Waals surface area contributed by atoms with Crippen molar-refractivity contribution >= 4 is 12.1 Å². The molecule has 0 unspecified atom stereocenters. The Morgan fingerprint density at radius 2 is 1.79 bits per heavy atom. The van der Waals surface area contributed by atoms with Gasteiger partial charge in [0, 0.05) is 17.5 Å². The molecule has 0 radical (unpaired) electrons. The van der Waals surface area contributed by atoms with E-state index in [1.807, 2.05) is 6.92 Å². The Kier molecular flexibility index (Phi) is 5.73. The maximum atomic E-state index is 12.0. The summed E-state index contributed by atoms with van der Waals surface area (Å²) in [5.41, 5.74) is 4.41. The zero-order chi connectivity index (χ0) is 17.5. The number of aromatic nitrogens is 1. The highest BCUT2D eigenvalue weighted by atomic mass is 16.5. The number of hydrogen-bond donors (Lipinski definition) is 1. The van der Waals surface area contributed by atoms with Crippen molar-refractivity contribution in [1.29, 1.82) is 0 Å². The van der Waals surface area contributed by atoms with Gasteiger partial charge in [-0.2, -0.15) is 5.10 Å². The minimum Gasteiger partial charge on any atom is -0.493 e. The maximum Gasteiger partial charge on any atom is 0.272 e. The molecule has 7 nitrogen and oxygen atoms in total. The molecule has 0 atom stereocenters. The number of amides is 1. The molecule has 0 aliphatic rings. The van der Waals surface area contributed by atoms with E-state index < -0.39 is 0 Å². The molecule has 0 bridgehead atoms. The second-order valence-electron chi connectivity index (χ2n) is 4.85. The van der Waals surface area contributed by atoms with E-state index in [0.717, 1.165) is 5.69 Å². The zero-order valence-electron chi connectivity index (χ0n) is 14.0. The standard InChI is InChI=1S/C17H19N3O4/c1-11-5-6-13(10-18-11)17(21)20-19-9-12-7-14(22-2)16(24-4)15(8-12)23-3/h5-10H,1-4H3,(H,20,21)/b19-9+. The van der Waals surface area contributed by atoms with Crippen molar-refractivity contribution in [2.45, 2.75) is 6.92 Å². The third-order valence-corrected chi connectivity index (χ3v) is 3.24. The summed E-state index contributed by atoms with van der Waals surface area (Å²) in [6.45, 7) is 1.85. The van der Waals surface area contributed by atoms with Crippen LogP contribution in [0.5, 0.6) is 17.2 Å². The number of hydrazone groups is 1. The fourth-order valence-electron chi connectivity index (χ4n) is 2.01. The van der Waals surface area contributed by atoms with Crippen LogP contribution in [0.15, 0.2) is 35.6 Å². The number of carbonyl (C=O) groups excluding carboxylic acids is 1. The summed E-state index contributed by atoms with van der Waals surface area (Å²) < 4.78 is 15.8. The molecule has 1 aromatic heterocycles. The van der Waals surface area contributed by atoms with Crippen LogP contribution < -0.4 is 19.6 Å². The van der Waals surface area contributed by atoms with Crippen molar-refractivity contribution in [1.82, 2.24) is 10.4 Å². The number of aryl methyl sites for hydroxylation is 1. The molecule has 0 saturated heterocycles. The predicted molar refractivity (Wildman–Crippen MR) is 90.1 cm³/mol. The van der Waals surface area contributed by atoms with Crippen LogP contribution in [0.25, 0.3) is 0 Å². The Labute approximate surface area is 140 Å². The first-order valence-electron chi connectivity index (χ1n) is 7.15. The van der Waals surface area contributed by atoms with Gasteiger partial charge in [-0.15, -0.1) is 0 Å².